The molecule has 0 saturated heterocycles. The molecule has 10 aromatic rings. The minimum Gasteiger partial charge on any atom is -0.309 e. The summed E-state index contributed by atoms with van der Waals surface area (Å²) in [4.78, 5) is 17.9. The first-order valence-corrected chi connectivity index (χ1v) is 17.7. The summed E-state index contributed by atoms with van der Waals surface area (Å²) >= 11 is 0. The van der Waals surface area contributed by atoms with Crippen molar-refractivity contribution in [3.63, 3.8) is 0 Å². The van der Waals surface area contributed by atoms with Gasteiger partial charge < -0.3 is 9.13 Å². The Kier molecular flexibility index (Phi) is 7.50. The first kappa shape index (κ1) is 33.0. The van der Waals surface area contributed by atoms with Gasteiger partial charge in [-0.1, -0.05) is 72.8 Å². The van der Waals surface area contributed by atoms with Crippen LogP contribution >= 0.6 is 0 Å². The maximum Gasteiger partial charge on any atom is 0.416 e. The molecule has 0 unspecified atom stereocenters. The Bertz CT molecular complexity index is 3020. The maximum atomic E-state index is 15.4. The highest BCUT2D eigenvalue weighted by atomic mass is 19.4. The average molecular weight is 734 g/mol. The van der Waals surface area contributed by atoms with Crippen molar-refractivity contribution in [2.45, 2.75) is 6.18 Å². The van der Waals surface area contributed by atoms with Crippen molar-refractivity contribution < 1.29 is 13.2 Å². The molecule has 10 heteroatoms. The van der Waals surface area contributed by atoms with Crippen molar-refractivity contribution in [3.8, 4) is 51.3 Å². The molecular formula is C46H26F3N7. The molecule has 4 aromatic heterocycles. The molecule has 0 aliphatic carbocycles. The summed E-state index contributed by atoms with van der Waals surface area (Å²) < 4.78 is 50.0. The number of alkyl halides is 3. The molecular weight excluding hydrogens is 708 g/mol. The second-order valence-corrected chi connectivity index (χ2v) is 13.4. The quantitative estimate of drug-likeness (QED) is 0.176. The summed E-state index contributed by atoms with van der Waals surface area (Å²) in [5.74, 6) is 0.975. The molecule has 56 heavy (non-hydrogen) atoms. The first-order valence-electron chi connectivity index (χ1n) is 17.7. The van der Waals surface area contributed by atoms with E-state index >= 15 is 13.2 Å². The number of halogens is 3. The van der Waals surface area contributed by atoms with E-state index in [0.717, 1.165) is 21.5 Å². The van der Waals surface area contributed by atoms with Crippen LogP contribution in [0.5, 0.6) is 0 Å². The predicted molar refractivity (Wildman–Crippen MR) is 212 cm³/mol. The number of para-hydroxylation sites is 2. The van der Waals surface area contributed by atoms with Crippen LogP contribution in [0.2, 0.25) is 0 Å². The molecule has 4 heterocycles. The van der Waals surface area contributed by atoms with Crippen LogP contribution in [0.1, 0.15) is 11.1 Å². The van der Waals surface area contributed by atoms with Crippen molar-refractivity contribution in [3.05, 3.63) is 169 Å². The molecule has 10 rings (SSSR count). The van der Waals surface area contributed by atoms with Crippen LogP contribution in [0.3, 0.4) is 0 Å². The lowest BCUT2D eigenvalue weighted by Gasteiger charge is -2.23. The second kappa shape index (κ2) is 12.7. The van der Waals surface area contributed by atoms with Gasteiger partial charge in [0.05, 0.1) is 50.6 Å². The van der Waals surface area contributed by atoms with Gasteiger partial charge in [-0.2, -0.15) is 18.4 Å². The molecule has 0 saturated carbocycles. The summed E-state index contributed by atoms with van der Waals surface area (Å²) in [6, 6.07) is 42.1. The summed E-state index contributed by atoms with van der Waals surface area (Å²) in [6.07, 6.45) is 1.90. The molecule has 6 aromatic carbocycles. The summed E-state index contributed by atoms with van der Waals surface area (Å²) in [5.41, 5.74) is 5.37. The van der Waals surface area contributed by atoms with Gasteiger partial charge in [0.25, 0.3) is 0 Å². The lowest BCUT2D eigenvalue weighted by atomic mass is 9.96. The second-order valence-electron chi connectivity index (χ2n) is 13.4. The van der Waals surface area contributed by atoms with Crippen molar-refractivity contribution in [2.24, 2.45) is 0 Å². The van der Waals surface area contributed by atoms with Gasteiger partial charge in [0.15, 0.2) is 11.6 Å². The summed E-state index contributed by atoms with van der Waals surface area (Å²) in [7, 11) is 0. The molecule has 7 nitrogen and oxygen atoms in total. The largest absolute Gasteiger partial charge is 0.416 e. The third-order valence-corrected chi connectivity index (χ3v) is 10.2. The molecule has 0 N–H and O–H groups in total. The maximum absolute atomic E-state index is 15.4. The molecule has 0 atom stereocenters. The van der Waals surface area contributed by atoms with Gasteiger partial charge in [-0.15, -0.1) is 0 Å². The van der Waals surface area contributed by atoms with Crippen LogP contribution in [0.4, 0.5) is 13.2 Å². The number of hydrogen-bond acceptors (Lipinski definition) is 5. The van der Waals surface area contributed by atoms with Gasteiger partial charge in [-0.25, -0.2) is 19.9 Å². The number of nitrogens with zero attached hydrogens (tertiary/aromatic N) is 7. The fourth-order valence-electron chi connectivity index (χ4n) is 7.80. The number of benzene rings is 6. The Labute approximate surface area is 317 Å². The smallest absolute Gasteiger partial charge is 0.309 e. The van der Waals surface area contributed by atoms with Crippen molar-refractivity contribution in [1.82, 2.24) is 29.1 Å². The van der Waals surface area contributed by atoms with Gasteiger partial charge in [-0.3, -0.25) is 0 Å². The van der Waals surface area contributed by atoms with Crippen LogP contribution in [0.25, 0.3) is 88.9 Å². The summed E-state index contributed by atoms with van der Waals surface area (Å²) in [5, 5.41) is 13.5. The molecule has 0 bridgehead atoms. The Hall–Kier alpha value is -7.64. The van der Waals surface area contributed by atoms with E-state index in [1.54, 1.807) is 55.1 Å². The third kappa shape index (κ3) is 5.28. The predicted octanol–water partition coefficient (Wildman–Crippen LogP) is 11.4. The zero-order chi connectivity index (χ0) is 38.0. The van der Waals surface area contributed by atoms with Gasteiger partial charge in [0.1, 0.15) is 0 Å². The molecule has 0 spiro atoms. The molecule has 0 aliphatic rings. The van der Waals surface area contributed by atoms with E-state index in [2.05, 4.69) is 26.0 Å². The number of hydrogen-bond donors (Lipinski definition) is 0. The van der Waals surface area contributed by atoms with Crippen LogP contribution in [0.15, 0.2) is 158 Å². The van der Waals surface area contributed by atoms with Gasteiger partial charge >= 0.3 is 6.18 Å². The van der Waals surface area contributed by atoms with E-state index in [1.165, 1.54) is 12.1 Å². The number of nitriles is 1. The van der Waals surface area contributed by atoms with Gasteiger partial charge in [-0.05, 0) is 66.2 Å². The van der Waals surface area contributed by atoms with E-state index in [1.807, 2.05) is 100 Å². The monoisotopic (exact) mass is 733 g/mol. The van der Waals surface area contributed by atoms with Crippen LogP contribution in [0, 0.1) is 11.3 Å². The zero-order valence-corrected chi connectivity index (χ0v) is 29.3. The third-order valence-electron chi connectivity index (χ3n) is 10.2. The van der Waals surface area contributed by atoms with Crippen LogP contribution < -0.4 is 0 Å². The number of fused-ring (bicyclic) bond motifs is 6. The zero-order valence-electron chi connectivity index (χ0n) is 29.3. The number of rotatable bonds is 5. The molecule has 0 fully saturated rings. The first-order chi connectivity index (χ1) is 27.4. The van der Waals surface area contributed by atoms with Crippen LogP contribution in [-0.2, 0) is 6.18 Å². The fraction of sp³-hybridized carbons (Fsp3) is 0.0217. The van der Waals surface area contributed by atoms with E-state index in [9.17, 15) is 5.26 Å². The molecule has 0 amide bonds. The highest BCUT2D eigenvalue weighted by molar-refractivity contribution is 6.13. The van der Waals surface area contributed by atoms with E-state index in [-0.39, 0.29) is 11.4 Å². The Balaban J connectivity index is 1.40. The van der Waals surface area contributed by atoms with Crippen molar-refractivity contribution in [2.75, 3.05) is 0 Å². The Morgan fingerprint density at radius 3 is 1.43 bits per heavy atom. The summed E-state index contributed by atoms with van der Waals surface area (Å²) in [6.45, 7) is 0. The Morgan fingerprint density at radius 1 is 0.464 bits per heavy atom. The molecule has 0 aliphatic heterocycles. The van der Waals surface area contributed by atoms with Crippen LogP contribution in [-0.4, -0.2) is 29.1 Å². The lowest BCUT2D eigenvalue weighted by molar-refractivity contribution is -0.137. The van der Waals surface area contributed by atoms with E-state index < -0.39 is 11.7 Å². The van der Waals surface area contributed by atoms with E-state index in [4.69, 9.17) is 0 Å². The van der Waals surface area contributed by atoms with Crippen molar-refractivity contribution >= 4 is 43.6 Å². The highest BCUT2D eigenvalue weighted by Crippen LogP contribution is 2.46. The van der Waals surface area contributed by atoms with E-state index in [0.29, 0.717) is 61.5 Å². The lowest BCUT2D eigenvalue weighted by Crippen LogP contribution is -2.11. The van der Waals surface area contributed by atoms with Crippen molar-refractivity contribution in [1.29, 1.82) is 5.26 Å². The topological polar surface area (TPSA) is 85.2 Å². The fourth-order valence-corrected chi connectivity index (χ4v) is 7.80. The minimum atomic E-state index is -4.72. The average Bonchev–Trinajstić information content (AvgIpc) is 3.75. The van der Waals surface area contributed by atoms with Gasteiger partial charge in [0.2, 0.25) is 0 Å². The Morgan fingerprint density at radius 2 is 0.946 bits per heavy atom. The van der Waals surface area contributed by atoms with Gasteiger partial charge in [0, 0.05) is 63.0 Å². The SMILES string of the molecule is N#Cc1cccc(-c2c(-n3c4ccccc4c4ccc(-c5ncccn5)cc43)cc(C(F)(F)F)cc2-n2c3ccccc3c3ccc(-c4ncccn4)cc32)c1. The molecule has 0 radical (unpaired) electrons. The molecule has 266 valence electrons. The highest BCUT2D eigenvalue weighted by Gasteiger charge is 2.34. The standard InChI is InChI=1S/C46H26F3N7/c47-46(48,49)32-25-41(55-37-12-3-1-10-33(37)35-16-14-30(23-39(35)55)44-51-18-6-19-52-44)43(29-9-5-8-28(22-29)27-50)42(26-32)56-38-13-4-2-11-34(38)36-17-15-31(24-40(36)56)45-53-20-7-21-54-45/h1-26H. The minimum absolute atomic E-state index is 0.288. The normalized spacial score (nSPS) is 11.8. The number of aromatic nitrogens is 6.